The Labute approximate surface area is 125 Å². The van der Waals surface area contributed by atoms with Crippen molar-refractivity contribution in [2.75, 3.05) is 6.26 Å². The van der Waals surface area contributed by atoms with Gasteiger partial charge in [-0.3, -0.25) is 0 Å². The van der Waals surface area contributed by atoms with Crippen LogP contribution in [0.1, 0.15) is 29.9 Å². The standard InChI is InChI=1S/C12H14N4O2S2/c1-4-7(2)18-11(17)10-9(15-16-20-10)8-5-13-12(19-3)14-6-8/h5-7H,4H2,1-3H3. The quantitative estimate of drug-likeness (QED) is 0.477. The fraction of sp³-hybridized carbons (Fsp3) is 0.417. The first-order chi connectivity index (χ1) is 9.65. The Bertz CT molecular complexity index is 585. The normalized spacial score (nSPS) is 12.2. The van der Waals surface area contributed by atoms with E-state index >= 15 is 0 Å². The first-order valence-electron chi connectivity index (χ1n) is 6.05. The van der Waals surface area contributed by atoms with Gasteiger partial charge in [0, 0.05) is 18.0 Å². The van der Waals surface area contributed by atoms with Gasteiger partial charge in [-0.2, -0.15) is 0 Å². The molecule has 0 saturated carbocycles. The molecule has 2 heterocycles. The Balaban J connectivity index is 2.25. The summed E-state index contributed by atoms with van der Waals surface area (Å²) in [6.07, 6.45) is 5.80. The molecule has 0 spiro atoms. The Morgan fingerprint density at radius 3 is 2.75 bits per heavy atom. The van der Waals surface area contributed by atoms with Crippen molar-refractivity contribution in [1.29, 1.82) is 0 Å². The predicted octanol–water partition coefficient (Wildman–Crippen LogP) is 2.67. The van der Waals surface area contributed by atoms with Crippen molar-refractivity contribution in [2.45, 2.75) is 31.5 Å². The molecule has 0 bridgehead atoms. The number of carbonyl (C=O) groups excluding carboxylic acids is 1. The lowest BCUT2D eigenvalue weighted by molar-refractivity contribution is 0.0341. The zero-order valence-electron chi connectivity index (χ0n) is 11.4. The third-order valence-electron chi connectivity index (χ3n) is 2.64. The molecule has 2 aromatic rings. The number of hydrogen-bond donors (Lipinski definition) is 0. The molecule has 0 radical (unpaired) electrons. The van der Waals surface area contributed by atoms with Crippen LogP contribution in [0.4, 0.5) is 0 Å². The lowest BCUT2D eigenvalue weighted by Crippen LogP contribution is -2.13. The van der Waals surface area contributed by atoms with E-state index in [0.29, 0.717) is 21.3 Å². The second kappa shape index (κ2) is 6.76. The molecule has 0 fully saturated rings. The van der Waals surface area contributed by atoms with E-state index in [1.165, 1.54) is 11.8 Å². The molecule has 0 aromatic carbocycles. The van der Waals surface area contributed by atoms with Crippen molar-refractivity contribution >= 4 is 29.3 Å². The van der Waals surface area contributed by atoms with Gasteiger partial charge in [0.25, 0.3) is 0 Å². The maximum absolute atomic E-state index is 12.1. The molecular weight excluding hydrogens is 296 g/mol. The summed E-state index contributed by atoms with van der Waals surface area (Å²) in [5.74, 6) is -0.404. The largest absolute Gasteiger partial charge is 0.458 e. The Hall–Kier alpha value is -1.54. The molecule has 8 heteroatoms. The summed E-state index contributed by atoms with van der Waals surface area (Å²) >= 11 is 2.47. The smallest absolute Gasteiger partial charge is 0.352 e. The van der Waals surface area contributed by atoms with E-state index in [4.69, 9.17) is 4.74 Å². The highest BCUT2D eigenvalue weighted by Gasteiger charge is 2.21. The minimum atomic E-state index is -0.404. The summed E-state index contributed by atoms with van der Waals surface area (Å²) < 4.78 is 9.12. The van der Waals surface area contributed by atoms with Crippen LogP contribution in [0.5, 0.6) is 0 Å². The molecule has 0 aliphatic heterocycles. The number of carbonyl (C=O) groups is 1. The highest BCUT2D eigenvalue weighted by Crippen LogP contribution is 2.24. The average Bonchev–Trinajstić information content (AvgIpc) is 2.96. The lowest BCUT2D eigenvalue weighted by Gasteiger charge is -2.09. The van der Waals surface area contributed by atoms with Crippen molar-refractivity contribution < 1.29 is 9.53 Å². The van der Waals surface area contributed by atoms with Crippen molar-refractivity contribution in [1.82, 2.24) is 19.6 Å². The minimum Gasteiger partial charge on any atom is -0.458 e. The van der Waals surface area contributed by atoms with Crippen molar-refractivity contribution in [3.63, 3.8) is 0 Å². The summed E-state index contributed by atoms with van der Waals surface area (Å²) in [7, 11) is 0. The first kappa shape index (κ1) is 14.9. The van der Waals surface area contributed by atoms with E-state index in [9.17, 15) is 4.79 Å². The summed E-state index contributed by atoms with van der Waals surface area (Å²) in [4.78, 5) is 20.8. The summed E-state index contributed by atoms with van der Waals surface area (Å²) in [5.41, 5.74) is 1.13. The molecule has 2 rings (SSSR count). The van der Waals surface area contributed by atoms with Crippen LogP contribution >= 0.6 is 23.3 Å². The highest BCUT2D eigenvalue weighted by molar-refractivity contribution is 7.98. The first-order valence-corrected chi connectivity index (χ1v) is 8.05. The van der Waals surface area contributed by atoms with Gasteiger partial charge in [-0.1, -0.05) is 23.2 Å². The van der Waals surface area contributed by atoms with Crippen LogP contribution in [0.3, 0.4) is 0 Å². The van der Waals surface area contributed by atoms with Gasteiger partial charge in [0.05, 0.1) is 6.10 Å². The predicted molar refractivity (Wildman–Crippen MR) is 77.9 cm³/mol. The number of aromatic nitrogens is 4. The zero-order chi connectivity index (χ0) is 14.5. The molecule has 0 aliphatic carbocycles. The number of nitrogens with zero attached hydrogens (tertiary/aromatic N) is 4. The molecule has 0 saturated heterocycles. The van der Waals surface area contributed by atoms with E-state index in [1.807, 2.05) is 20.1 Å². The molecule has 0 amide bonds. The fourth-order valence-corrected chi connectivity index (χ4v) is 2.27. The van der Waals surface area contributed by atoms with Crippen molar-refractivity contribution in [3.8, 4) is 11.3 Å². The summed E-state index contributed by atoms with van der Waals surface area (Å²) in [5, 5.41) is 4.64. The zero-order valence-corrected chi connectivity index (χ0v) is 13.0. The van der Waals surface area contributed by atoms with Gasteiger partial charge in [0.1, 0.15) is 5.69 Å². The number of ether oxygens (including phenoxy) is 1. The maximum Gasteiger partial charge on any atom is 0.352 e. The molecule has 6 nitrogen and oxygen atoms in total. The fourth-order valence-electron chi connectivity index (χ4n) is 1.38. The van der Waals surface area contributed by atoms with Crippen molar-refractivity contribution in [2.24, 2.45) is 0 Å². The van der Waals surface area contributed by atoms with E-state index in [2.05, 4.69) is 19.6 Å². The van der Waals surface area contributed by atoms with E-state index in [0.717, 1.165) is 18.0 Å². The van der Waals surface area contributed by atoms with Crippen LogP contribution < -0.4 is 0 Å². The highest BCUT2D eigenvalue weighted by atomic mass is 32.2. The molecule has 0 N–H and O–H groups in total. The summed E-state index contributed by atoms with van der Waals surface area (Å²) in [6.45, 7) is 3.81. The van der Waals surface area contributed by atoms with Gasteiger partial charge >= 0.3 is 5.97 Å². The van der Waals surface area contributed by atoms with Crippen LogP contribution in [0.15, 0.2) is 17.6 Å². The maximum atomic E-state index is 12.1. The van der Waals surface area contributed by atoms with E-state index < -0.39 is 5.97 Å². The summed E-state index contributed by atoms with van der Waals surface area (Å²) in [6, 6.07) is 0. The Morgan fingerprint density at radius 2 is 2.15 bits per heavy atom. The van der Waals surface area contributed by atoms with Gasteiger partial charge in [-0.05, 0) is 31.1 Å². The molecule has 106 valence electrons. The number of esters is 1. The molecule has 2 aromatic heterocycles. The molecule has 1 unspecified atom stereocenters. The molecule has 1 atom stereocenters. The van der Waals surface area contributed by atoms with Crippen LogP contribution in [-0.4, -0.2) is 37.9 Å². The average molecular weight is 310 g/mol. The Kier molecular flexibility index (Phi) is 5.02. The van der Waals surface area contributed by atoms with Gasteiger partial charge in [0.15, 0.2) is 10.0 Å². The van der Waals surface area contributed by atoms with Gasteiger partial charge in [-0.15, -0.1) is 5.10 Å². The Morgan fingerprint density at radius 1 is 1.45 bits per heavy atom. The topological polar surface area (TPSA) is 77.9 Å². The lowest BCUT2D eigenvalue weighted by atomic mass is 10.2. The number of hydrogen-bond acceptors (Lipinski definition) is 8. The van der Waals surface area contributed by atoms with Crippen LogP contribution in [0.25, 0.3) is 11.3 Å². The second-order valence-electron chi connectivity index (χ2n) is 4.03. The van der Waals surface area contributed by atoms with Crippen molar-refractivity contribution in [3.05, 3.63) is 17.3 Å². The molecule has 20 heavy (non-hydrogen) atoms. The van der Waals surface area contributed by atoms with Gasteiger partial charge in [0.2, 0.25) is 0 Å². The number of thioether (sulfide) groups is 1. The molecule has 0 aliphatic rings. The van der Waals surface area contributed by atoms with E-state index in [1.54, 1.807) is 12.4 Å². The SMILES string of the molecule is CCC(C)OC(=O)c1snnc1-c1cnc(SC)nc1. The monoisotopic (exact) mass is 310 g/mol. The minimum absolute atomic E-state index is 0.132. The van der Waals surface area contributed by atoms with Crippen LogP contribution in [0, 0.1) is 0 Å². The third-order valence-corrected chi connectivity index (χ3v) is 3.92. The van der Waals surface area contributed by atoms with Gasteiger partial charge < -0.3 is 4.74 Å². The van der Waals surface area contributed by atoms with Gasteiger partial charge in [-0.25, -0.2) is 14.8 Å². The van der Waals surface area contributed by atoms with E-state index in [-0.39, 0.29) is 6.10 Å². The molecular formula is C12H14N4O2S2. The second-order valence-corrected chi connectivity index (χ2v) is 5.56. The van der Waals surface area contributed by atoms with Crippen LogP contribution in [-0.2, 0) is 4.74 Å². The number of rotatable bonds is 5. The third kappa shape index (κ3) is 3.31. The van der Waals surface area contributed by atoms with Crippen LogP contribution in [0.2, 0.25) is 0 Å².